The number of halogens is 7. The summed E-state index contributed by atoms with van der Waals surface area (Å²) in [5.41, 5.74) is 0.563. The number of anilines is 2. The monoisotopic (exact) mass is 793 g/mol. The molecule has 4 aliphatic rings. The number of carbonyl (C=O) groups is 4. The van der Waals surface area contributed by atoms with Crippen molar-refractivity contribution < 1.29 is 50.7 Å². The highest BCUT2D eigenvalue weighted by Crippen LogP contribution is 2.66. The van der Waals surface area contributed by atoms with Gasteiger partial charge in [-0.2, -0.15) is 0 Å². The largest absolute Gasteiger partial charge is 0.508 e. The van der Waals surface area contributed by atoms with Crippen molar-refractivity contribution >= 4 is 69.3 Å². The van der Waals surface area contributed by atoms with Gasteiger partial charge in [-0.1, -0.05) is 35.9 Å². The number of fused-ring (bicyclic) bond motifs is 5. The first-order valence-electron chi connectivity index (χ1n) is 16.8. The van der Waals surface area contributed by atoms with E-state index >= 15 is 8.78 Å². The van der Waals surface area contributed by atoms with Crippen molar-refractivity contribution in [3.8, 4) is 17.2 Å². The molecule has 0 unspecified atom stereocenters. The Hall–Kier alpha value is -5.60. The number of carbonyl (C=O) groups excluding carboxylic acids is 4. The lowest BCUT2D eigenvalue weighted by Gasteiger charge is -2.50. The lowest BCUT2D eigenvalue weighted by Crippen LogP contribution is -2.60. The molecule has 9 nitrogen and oxygen atoms in total. The molecule has 9 rings (SSSR count). The number of phenols is 1. The van der Waals surface area contributed by atoms with Gasteiger partial charge < -0.3 is 9.52 Å². The molecule has 2 aliphatic carbocycles. The number of aromatic hydroxyl groups is 1. The normalized spacial score (nSPS) is 27.4. The van der Waals surface area contributed by atoms with Crippen LogP contribution < -0.4 is 9.80 Å². The van der Waals surface area contributed by atoms with E-state index in [2.05, 4.69) is 4.98 Å². The van der Waals surface area contributed by atoms with E-state index in [1.165, 1.54) is 24.3 Å². The zero-order valence-corrected chi connectivity index (χ0v) is 29.2. The van der Waals surface area contributed by atoms with E-state index in [1.807, 2.05) is 6.07 Å². The van der Waals surface area contributed by atoms with Crippen LogP contribution in [0.5, 0.6) is 5.75 Å². The summed E-state index contributed by atoms with van der Waals surface area (Å²) in [5.74, 6) is -21.3. The fraction of sp³-hybridized carbons (Fsp3) is 0.205. The Morgan fingerprint density at radius 3 is 2.04 bits per heavy atom. The maximum Gasteiger partial charge on any atom is 0.258 e. The summed E-state index contributed by atoms with van der Waals surface area (Å²) in [4.78, 5) is 57.1. The molecule has 0 radical (unpaired) electrons. The highest BCUT2D eigenvalue weighted by atomic mass is 35.5. The molecule has 1 N–H and O–H groups in total. The minimum atomic E-state index is -2.66. The van der Waals surface area contributed by atoms with Gasteiger partial charge in [0.15, 0.2) is 38.6 Å². The van der Waals surface area contributed by atoms with Crippen LogP contribution in [0.3, 0.4) is 0 Å². The fourth-order valence-corrected chi connectivity index (χ4v) is 9.55. The average Bonchev–Trinajstić information content (AvgIpc) is 3.77. The zero-order valence-electron chi connectivity index (χ0n) is 27.7. The highest BCUT2D eigenvalue weighted by molar-refractivity contribution is 6.58. The molecule has 0 bridgehead atoms. The number of allylic oxidation sites excluding steroid dienone is 2. The Morgan fingerprint density at radius 2 is 1.38 bits per heavy atom. The Balaban J connectivity index is 1.13. The average molecular weight is 795 g/mol. The summed E-state index contributed by atoms with van der Waals surface area (Å²) in [6.07, 6.45) is 0.923. The molecule has 4 aromatic carbocycles. The SMILES string of the molecule is O=C1[C@H]2[C@H](CC=C3[C@H]2C[C@@]2(Cl)C(=O)N(c4c(F)c(F)c(F)c(F)c4F)C(=O)[C@@]2(Cl)[C@H]3c2ccc(O)cc2)C(=O)N1c1ccc(-c2nc3ccccc3o2)cc1. The number of hydrogen-bond acceptors (Lipinski definition) is 7. The van der Waals surface area contributed by atoms with Crippen LogP contribution >= 0.6 is 23.2 Å². The third-order valence-electron chi connectivity index (χ3n) is 11.1. The van der Waals surface area contributed by atoms with Crippen LogP contribution in [-0.4, -0.2) is 43.5 Å². The second kappa shape index (κ2) is 11.9. The van der Waals surface area contributed by atoms with E-state index < -0.39 is 98.2 Å². The molecule has 16 heteroatoms. The van der Waals surface area contributed by atoms with Crippen molar-refractivity contribution in [3.63, 3.8) is 0 Å². The number of alkyl halides is 2. The van der Waals surface area contributed by atoms with E-state index in [0.717, 1.165) is 4.90 Å². The molecule has 0 spiro atoms. The van der Waals surface area contributed by atoms with Crippen LogP contribution in [0.4, 0.5) is 33.3 Å². The number of oxazole rings is 1. The number of imide groups is 2. The van der Waals surface area contributed by atoms with Crippen LogP contribution in [0.25, 0.3) is 22.6 Å². The van der Waals surface area contributed by atoms with Crippen molar-refractivity contribution in [2.75, 3.05) is 9.80 Å². The summed E-state index contributed by atoms with van der Waals surface area (Å²) >= 11 is 14.3. The Labute approximate surface area is 316 Å². The number of phenolic OH excluding ortho intramolecular Hbond substituents is 1. The van der Waals surface area contributed by atoms with Gasteiger partial charge in [0.1, 0.15) is 17.0 Å². The molecule has 4 amide bonds. The number of benzene rings is 4. The van der Waals surface area contributed by atoms with E-state index in [9.17, 15) is 37.5 Å². The molecular weight excluding hydrogens is 772 g/mol. The second-order valence-corrected chi connectivity index (χ2v) is 15.1. The van der Waals surface area contributed by atoms with Crippen molar-refractivity contribution in [3.05, 3.63) is 119 Å². The first kappa shape index (κ1) is 35.1. The van der Waals surface area contributed by atoms with Gasteiger partial charge in [-0.25, -0.2) is 31.8 Å². The quantitative estimate of drug-likeness (QED) is 0.0496. The van der Waals surface area contributed by atoms with Crippen LogP contribution in [-0.2, 0) is 19.2 Å². The van der Waals surface area contributed by atoms with Crippen LogP contribution in [0.1, 0.15) is 24.3 Å². The Kier molecular flexibility index (Phi) is 7.63. The molecule has 5 aromatic rings. The van der Waals surface area contributed by atoms with Crippen LogP contribution in [0.2, 0.25) is 0 Å². The lowest BCUT2D eigenvalue weighted by atomic mass is 9.56. The zero-order chi connectivity index (χ0) is 38.9. The van der Waals surface area contributed by atoms with E-state index in [0.29, 0.717) is 22.6 Å². The van der Waals surface area contributed by atoms with Crippen molar-refractivity contribution in [2.45, 2.75) is 28.5 Å². The molecule has 55 heavy (non-hydrogen) atoms. The summed E-state index contributed by atoms with van der Waals surface area (Å²) in [6.45, 7) is 0. The van der Waals surface area contributed by atoms with Crippen molar-refractivity contribution in [1.29, 1.82) is 0 Å². The smallest absolute Gasteiger partial charge is 0.258 e. The summed E-state index contributed by atoms with van der Waals surface area (Å²) < 4.78 is 79.3. The van der Waals surface area contributed by atoms with Gasteiger partial charge in [0.2, 0.25) is 23.5 Å². The molecule has 2 saturated heterocycles. The number of hydrogen-bond donors (Lipinski definition) is 1. The number of para-hydroxylation sites is 2. The second-order valence-electron chi connectivity index (χ2n) is 13.8. The topological polar surface area (TPSA) is 121 Å². The minimum absolute atomic E-state index is 0.0289. The first-order valence-corrected chi connectivity index (χ1v) is 17.6. The number of nitrogens with zero attached hydrogens (tertiary/aromatic N) is 3. The predicted octanol–water partition coefficient (Wildman–Crippen LogP) is 7.66. The molecule has 6 atom stereocenters. The molecule has 2 aliphatic heterocycles. The maximum atomic E-state index is 15.2. The standard InChI is InChI=1S/C39H22Cl2F5N3O6/c40-38-15-22-20(13-14-21-25(22)35(52)48(34(21)51)18-9-5-17(6-10-18)33-47-23-3-1-2-4-24(23)55-33)26(16-7-11-19(50)12-8-16)39(38,41)37(54)49(36(38)53)32-30(45)28(43)27(42)29(44)31(32)46/h1-13,21-22,25-26,50H,14-15H2/t21-,22+,25-,26-,38+,39-/m0/s1. The Bertz CT molecular complexity index is 2520. The number of rotatable bonds is 4. The summed E-state index contributed by atoms with van der Waals surface area (Å²) in [5, 5.41) is 10.1. The number of amides is 4. The van der Waals surface area contributed by atoms with E-state index in [1.54, 1.807) is 48.5 Å². The molecule has 3 heterocycles. The van der Waals surface area contributed by atoms with Crippen LogP contribution in [0, 0.1) is 46.8 Å². The van der Waals surface area contributed by atoms with Gasteiger partial charge in [0.25, 0.3) is 11.8 Å². The van der Waals surface area contributed by atoms with Gasteiger partial charge >= 0.3 is 0 Å². The van der Waals surface area contributed by atoms with Gasteiger partial charge in [-0.15, -0.1) is 23.2 Å². The number of aromatic nitrogens is 1. The van der Waals surface area contributed by atoms with Gasteiger partial charge in [0.05, 0.1) is 17.5 Å². The molecule has 3 fully saturated rings. The third-order valence-corrected chi connectivity index (χ3v) is 12.5. The van der Waals surface area contributed by atoms with E-state index in [-0.39, 0.29) is 33.9 Å². The van der Waals surface area contributed by atoms with E-state index in [4.69, 9.17) is 27.6 Å². The highest BCUT2D eigenvalue weighted by Gasteiger charge is 2.77. The maximum absolute atomic E-state index is 15.2. The Morgan fingerprint density at radius 1 is 0.745 bits per heavy atom. The molecule has 1 saturated carbocycles. The minimum Gasteiger partial charge on any atom is -0.508 e. The lowest BCUT2D eigenvalue weighted by molar-refractivity contribution is -0.125. The fourth-order valence-electron chi connectivity index (χ4n) is 8.61. The van der Waals surface area contributed by atoms with Gasteiger partial charge in [-0.05, 0) is 72.9 Å². The predicted molar refractivity (Wildman–Crippen MR) is 186 cm³/mol. The van der Waals surface area contributed by atoms with Crippen molar-refractivity contribution in [2.24, 2.45) is 17.8 Å². The summed E-state index contributed by atoms with van der Waals surface area (Å²) in [6, 6.07) is 18.7. The molecular formula is C39H22Cl2F5N3O6. The van der Waals surface area contributed by atoms with Crippen LogP contribution in [0.15, 0.2) is 88.9 Å². The third kappa shape index (κ3) is 4.61. The van der Waals surface area contributed by atoms with Gasteiger partial charge in [0, 0.05) is 11.5 Å². The molecule has 1 aromatic heterocycles. The van der Waals surface area contributed by atoms with Gasteiger partial charge in [-0.3, -0.25) is 24.1 Å². The molecule has 278 valence electrons. The first-order chi connectivity index (χ1) is 26.2. The van der Waals surface area contributed by atoms with Crippen molar-refractivity contribution in [1.82, 2.24) is 4.98 Å². The summed E-state index contributed by atoms with van der Waals surface area (Å²) in [7, 11) is 0.